The molecule has 1 unspecified atom stereocenters. The number of H-pyrrole nitrogens is 1. The molecule has 1 aromatic heterocycles. The molecule has 2 aromatic rings. The van der Waals surface area contributed by atoms with E-state index in [1.54, 1.807) is 0 Å². The number of imidazole rings is 1. The number of anilines is 1. The van der Waals surface area contributed by atoms with Crippen molar-refractivity contribution in [3.05, 3.63) is 47.9 Å². The quantitative estimate of drug-likeness (QED) is 0.721. The predicted octanol–water partition coefficient (Wildman–Crippen LogP) is 1.13. The van der Waals surface area contributed by atoms with E-state index in [4.69, 9.17) is 0 Å². The van der Waals surface area contributed by atoms with Crippen LogP contribution in [0.3, 0.4) is 0 Å². The van der Waals surface area contributed by atoms with Crippen molar-refractivity contribution >= 4 is 11.7 Å². The Labute approximate surface area is 98.3 Å². The van der Waals surface area contributed by atoms with E-state index in [1.807, 2.05) is 30.3 Å². The van der Waals surface area contributed by atoms with Gasteiger partial charge in [0.05, 0.1) is 6.33 Å². The molecule has 1 aliphatic heterocycles. The maximum Gasteiger partial charge on any atom is 0.273 e. The Morgan fingerprint density at radius 2 is 2.00 bits per heavy atom. The Hall–Kier alpha value is -2.30. The minimum absolute atomic E-state index is 0.110. The van der Waals surface area contributed by atoms with E-state index in [0.29, 0.717) is 11.5 Å². The number of rotatable bonds is 2. The number of hydrogen-bond donors (Lipinski definition) is 3. The first-order valence-electron chi connectivity index (χ1n) is 5.47. The molecule has 0 spiro atoms. The van der Waals surface area contributed by atoms with Gasteiger partial charge < -0.3 is 15.6 Å². The first-order chi connectivity index (χ1) is 8.33. The third kappa shape index (κ3) is 1.87. The zero-order chi connectivity index (χ0) is 11.7. The highest BCUT2D eigenvalue weighted by molar-refractivity contribution is 5.98. The molecule has 1 atom stereocenters. The molecule has 5 heteroatoms. The number of amides is 1. The van der Waals surface area contributed by atoms with Crippen LogP contribution in [0.25, 0.3) is 0 Å². The van der Waals surface area contributed by atoms with Crippen LogP contribution in [0, 0.1) is 0 Å². The van der Waals surface area contributed by atoms with Gasteiger partial charge in [0.1, 0.15) is 11.9 Å². The summed E-state index contributed by atoms with van der Waals surface area (Å²) in [5.74, 6) is 0.506. The topological polar surface area (TPSA) is 69.8 Å². The van der Waals surface area contributed by atoms with Crippen LogP contribution in [0.4, 0.5) is 5.82 Å². The summed E-state index contributed by atoms with van der Waals surface area (Å²) in [5.41, 5.74) is 1.67. The molecule has 0 fully saturated rings. The Morgan fingerprint density at radius 1 is 1.18 bits per heavy atom. The van der Waals surface area contributed by atoms with Gasteiger partial charge in [-0.05, 0) is 5.56 Å². The number of nitrogens with one attached hydrogen (secondary N) is 3. The number of carbonyl (C=O) groups excluding carboxylic acids is 1. The summed E-state index contributed by atoms with van der Waals surface area (Å²) in [7, 11) is 0. The third-order valence-electron chi connectivity index (χ3n) is 2.77. The van der Waals surface area contributed by atoms with E-state index in [9.17, 15) is 4.79 Å². The Balaban J connectivity index is 1.78. The predicted molar refractivity (Wildman–Crippen MR) is 63.6 cm³/mol. The van der Waals surface area contributed by atoms with E-state index >= 15 is 0 Å². The fraction of sp³-hybridized carbons (Fsp3) is 0.167. The molecule has 2 heterocycles. The number of fused-ring (bicyclic) bond motifs is 1. The normalized spacial score (nSPS) is 18.1. The third-order valence-corrected chi connectivity index (χ3v) is 2.77. The van der Waals surface area contributed by atoms with Crippen molar-refractivity contribution < 1.29 is 4.79 Å². The minimum atomic E-state index is -0.114. The summed E-state index contributed by atoms with van der Waals surface area (Å²) in [6, 6.07) is 10.0. The molecular formula is C12H12N4O. The molecule has 0 aliphatic carbocycles. The van der Waals surface area contributed by atoms with Crippen molar-refractivity contribution in [1.29, 1.82) is 0 Å². The molecule has 1 aromatic carbocycles. The average Bonchev–Trinajstić information content (AvgIpc) is 2.79. The summed E-state index contributed by atoms with van der Waals surface area (Å²) in [4.78, 5) is 18.6. The van der Waals surface area contributed by atoms with Gasteiger partial charge in [-0.1, -0.05) is 30.3 Å². The monoisotopic (exact) mass is 228 g/mol. The Morgan fingerprint density at radius 3 is 2.82 bits per heavy atom. The lowest BCUT2D eigenvalue weighted by Gasteiger charge is -2.24. The lowest BCUT2D eigenvalue weighted by atomic mass is 10.1. The number of benzene rings is 1. The zero-order valence-corrected chi connectivity index (χ0v) is 9.10. The lowest BCUT2D eigenvalue weighted by molar-refractivity contribution is 0.0931. The molecule has 0 radical (unpaired) electrons. The van der Waals surface area contributed by atoms with Crippen LogP contribution in [0.5, 0.6) is 0 Å². The molecule has 3 N–H and O–H groups in total. The van der Waals surface area contributed by atoms with Gasteiger partial charge in [-0.15, -0.1) is 0 Å². The number of nitrogens with zero attached hydrogens (tertiary/aromatic N) is 1. The van der Waals surface area contributed by atoms with Crippen molar-refractivity contribution in [1.82, 2.24) is 15.3 Å². The first-order valence-corrected chi connectivity index (χ1v) is 5.47. The van der Waals surface area contributed by atoms with E-state index < -0.39 is 0 Å². The van der Waals surface area contributed by atoms with Crippen molar-refractivity contribution in [2.45, 2.75) is 12.6 Å². The van der Waals surface area contributed by atoms with Gasteiger partial charge in [0.2, 0.25) is 0 Å². The molecule has 17 heavy (non-hydrogen) atoms. The fourth-order valence-corrected chi connectivity index (χ4v) is 1.96. The smallest absolute Gasteiger partial charge is 0.273 e. The summed E-state index contributed by atoms with van der Waals surface area (Å²) in [6.07, 6.45) is 2.14. The molecule has 0 saturated heterocycles. The van der Waals surface area contributed by atoms with Crippen LogP contribution in [0.2, 0.25) is 0 Å². The van der Waals surface area contributed by atoms with Gasteiger partial charge in [-0.2, -0.15) is 0 Å². The average molecular weight is 228 g/mol. The van der Waals surface area contributed by atoms with E-state index in [1.165, 1.54) is 11.9 Å². The van der Waals surface area contributed by atoms with Crippen LogP contribution in [-0.4, -0.2) is 22.0 Å². The summed E-state index contributed by atoms with van der Waals surface area (Å²) in [5, 5.41) is 6.07. The second-order valence-electron chi connectivity index (χ2n) is 3.99. The molecule has 5 nitrogen and oxygen atoms in total. The van der Waals surface area contributed by atoms with E-state index in [2.05, 4.69) is 20.6 Å². The SMILES string of the molecule is O=C1NC(Cc2ccccc2)Nc2nc[nH]c21. The van der Waals surface area contributed by atoms with Crippen LogP contribution in [-0.2, 0) is 6.42 Å². The second kappa shape index (κ2) is 3.93. The molecule has 0 saturated carbocycles. The number of hydrogen-bond acceptors (Lipinski definition) is 3. The van der Waals surface area contributed by atoms with Gasteiger partial charge in [0, 0.05) is 6.42 Å². The van der Waals surface area contributed by atoms with Gasteiger partial charge in [0.25, 0.3) is 5.91 Å². The van der Waals surface area contributed by atoms with Crippen LogP contribution >= 0.6 is 0 Å². The molecule has 1 amide bonds. The summed E-state index contributed by atoms with van der Waals surface area (Å²) < 4.78 is 0. The van der Waals surface area contributed by atoms with Gasteiger partial charge >= 0.3 is 0 Å². The van der Waals surface area contributed by atoms with E-state index in [0.717, 1.165) is 6.42 Å². The fourth-order valence-electron chi connectivity index (χ4n) is 1.96. The van der Waals surface area contributed by atoms with Gasteiger partial charge in [0.15, 0.2) is 5.82 Å². The van der Waals surface area contributed by atoms with Crippen LogP contribution in [0.15, 0.2) is 36.7 Å². The van der Waals surface area contributed by atoms with Crippen molar-refractivity contribution in [2.24, 2.45) is 0 Å². The Kier molecular flexibility index (Phi) is 2.29. The van der Waals surface area contributed by atoms with Gasteiger partial charge in [-0.3, -0.25) is 4.79 Å². The lowest BCUT2D eigenvalue weighted by Crippen LogP contribution is -2.46. The molecule has 0 bridgehead atoms. The number of aromatic amines is 1. The van der Waals surface area contributed by atoms with Crippen LogP contribution in [0.1, 0.15) is 16.1 Å². The number of carbonyl (C=O) groups is 1. The van der Waals surface area contributed by atoms with E-state index in [-0.39, 0.29) is 12.1 Å². The van der Waals surface area contributed by atoms with Crippen molar-refractivity contribution in [3.8, 4) is 0 Å². The minimum Gasteiger partial charge on any atom is -0.348 e. The molecule has 3 rings (SSSR count). The zero-order valence-electron chi connectivity index (χ0n) is 9.10. The molecular weight excluding hydrogens is 216 g/mol. The Bertz CT molecular complexity index is 534. The highest BCUT2D eigenvalue weighted by Crippen LogP contribution is 2.16. The maximum atomic E-state index is 11.7. The number of aromatic nitrogens is 2. The molecule has 86 valence electrons. The van der Waals surface area contributed by atoms with Crippen molar-refractivity contribution in [3.63, 3.8) is 0 Å². The first kappa shape index (κ1) is 9.89. The van der Waals surface area contributed by atoms with Crippen LogP contribution < -0.4 is 10.6 Å². The van der Waals surface area contributed by atoms with Crippen molar-refractivity contribution in [2.75, 3.05) is 5.32 Å². The highest BCUT2D eigenvalue weighted by atomic mass is 16.2. The summed E-state index contributed by atoms with van der Waals surface area (Å²) >= 11 is 0. The molecule has 1 aliphatic rings. The highest BCUT2D eigenvalue weighted by Gasteiger charge is 2.25. The largest absolute Gasteiger partial charge is 0.348 e. The maximum absolute atomic E-state index is 11.7. The second-order valence-corrected chi connectivity index (χ2v) is 3.99. The summed E-state index contributed by atoms with van der Waals surface area (Å²) in [6.45, 7) is 0. The van der Waals surface area contributed by atoms with Gasteiger partial charge in [-0.25, -0.2) is 4.98 Å². The standard InChI is InChI=1S/C12H12N4O/c17-12-10-11(14-7-13-10)15-9(16-12)6-8-4-2-1-3-5-8/h1-5,7,9,15H,6H2,(H,13,14)(H,16,17).